The number of carbonyl (C=O) groups is 1. The van der Waals surface area contributed by atoms with Crippen molar-refractivity contribution in [1.82, 2.24) is 4.90 Å². The highest BCUT2D eigenvalue weighted by Crippen LogP contribution is 2.30. The Hall–Kier alpha value is -1.36. The summed E-state index contributed by atoms with van der Waals surface area (Å²) in [5.41, 5.74) is -0.0326. The lowest BCUT2D eigenvalue weighted by Gasteiger charge is -2.12. The Morgan fingerprint density at radius 3 is 2.29 bits per heavy atom. The second-order valence-electron chi connectivity index (χ2n) is 4.19. The molecule has 0 saturated heterocycles. The molecule has 0 amide bonds. The number of nitrogens with zero attached hydrogens (tertiary/aromatic N) is 1. The fourth-order valence-corrected chi connectivity index (χ4v) is 1.53. The number of hydrogen-bond acceptors (Lipinski definition) is 2. The van der Waals surface area contributed by atoms with Gasteiger partial charge < -0.3 is 4.90 Å². The van der Waals surface area contributed by atoms with E-state index < -0.39 is 11.7 Å². The van der Waals surface area contributed by atoms with E-state index in [1.54, 1.807) is 19.0 Å². The van der Waals surface area contributed by atoms with Gasteiger partial charge in [0.15, 0.2) is 5.78 Å². The summed E-state index contributed by atoms with van der Waals surface area (Å²) in [5.74, 6) is -0.179. The molecule has 0 atom stereocenters. The van der Waals surface area contributed by atoms with Crippen LogP contribution < -0.4 is 0 Å². The molecular formula is C12H14F3NO. The van der Waals surface area contributed by atoms with Crippen LogP contribution in [0.5, 0.6) is 0 Å². The maximum atomic E-state index is 12.4. The van der Waals surface area contributed by atoms with Crippen molar-refractivity contribution < 1.29 is 18.0 Å². The highest BCUT2D eigenvalue weighted by atomic mass is 19.4. The molecule has 0 aliphatic rings. The van der Waals surface area contributed by atoms with Crippen LogP contribution in [0.2, 0.25) is 0 Å². The molecule has 17 heavy (non-hydrogen) atoms. The SMILES string of the molecule is Cc1cc(C(F)(F)F)ccc1C(=O)CN(C)C. The summed E-state index contributed by atoms with van der Waals surface area (Å²) in [5, 5.41) is 0. The molecule has 0 aromatic heterocycles. The second kappa shape index (κ2) is 4.87. The van der Waals surface area contributed by atoms with Gasteiger partial charge in [-0.15, -0.1) is 0 Å². The van der Waals surface area contributed by atoms with E-state index in [2.05, 4.69) is 0 Å². The van der Waals surface area contributed by atoms with Crippen molar-refractivity contribution in [3.05, 3.63) is 34.9 Å². The molecule has 1 rings (SSSR count). The van der Waals surface area contributed by atoms with Gasteiger partial charge in [0.2, 0.25) is 0 Å². The zero-order valence-corrected chi connectivity index (χ0v) is 9.93. The Labute approximate surface area is 98.0 Å². The van der Waals surface area contributed by atoms with Gasteiger partial charge in [-0.05, 0) is 38.7 Å². The number of halogens is 3. The van der Waals surface area contributed by atoms with Gasteiger partial charge in [-0.2, -0.15) is 13.2 Å². The number of hydrogen-bond donors (Lipinski definition) is 0. The fourth-order valence-electron chi connectivity index (χ4n) is 1.53. The molecular weight excluding hydrogens is 231 g/mol. The van der Waals surface area contributed by atoms with Gasteiger partial charge in [-0.25, -0.2) is 0 Å². The van der Waals surface area contributed by atoms with Crippen LogP contribution in [-0.2, 0) is 6.18 Å². The minimum Gasteiger partial charge on any atom is -0.302 e. The monoisotopic (exact) mass is 245 g/mol. The van der Waals surface area contributed by atoms with E-state index in [0.717, 1.165) is 12.1 Å². The van der Waals surface area contributed by atoms with Crippen LogP contribution >= 0.6 is 0 Å². The van der Waals surface area contributed by atoms with Gasteiger partial charge in [0, 0.05) is 5.56 Å². The van der Waals surface area contributed by atoms with Gasteiger partial charge in [0.25, 0.3) is 0 Å². The summed E-state index contributed by atoms with van der Waals surface area (Å²) in [4.78, 5) is 13.4. The number of carbonyl (C=O) groups excluding carboxylic acids is 1. The first-order chi connectivity index (χ1) is 7.71. The number of aryl methyl sites for hydroxylation is 1. The Balaban J connectivity index is 3.02. The first-order valence-electron chi connectivity index (χ1n) is 5.07. The number of rotatable bonds is 3. The summed E-state index contributed by atoms with van der Waals surface area (Å²) in [7, 11) is 3.47. The van der Waals surface area contributed by atoms with Crippen LogP contribution in [-0.4, -0.2) is 31.3 Å². The van der Waals surface area contributed by atoms with Crippen molar-refractivity contribution in [1.29, 1.82) is 0 Å². The number of likely N-dealkylation sites (N-methyl/N-ethyl adjacent to an activating group) is 1. The van der Waals surface area contributed by atoms with Crippen LogP contribution in [0.3, 0.4) is 0 Å². The Morgan fingerprint density at radius 2 is 1.88 bits per heavy atom. The topological polar surface area (TPSA) is 20.3 Å². The van der Waals surface area contributed by atoms with E-state index in [-0.39, 0.29) is 12.3 Å². The van der Waals surface area contributed by atoms with E-state index >= 15 is 0 Å². The number of benzene rings is 1. The van der Waals surface area contributed by atoms with Crippen LogP contribution in [0.4, 0.5) is 13.2 Å². The van der Waals surface area contributed by atoms with Crippen LogP contribution in [0, 0.1) is 6.92 Å². The predicted octanol–water partition coefficient (Wildman–Crippen LogP) is 2.76. The van der Waals surface area contributed by atoms with Crippen molar-refractivity contribution in [2.24, 2.45) is 0 Å². The molecule has 5 heteroatoms. The van der Waals surface area contributed by atoms with Crippen molar-refractivity contribution >= 4 is 5.78 Å². The Bertz CT molecular complexity index is 424. The minimum atomic E-state index is -4.37. The molecule has 0 aliphatic carbocycles. The molecule has 1 aromatic rings. The normalized spacial score (nSPS) is 11.9. The molecule has 0 heterocycles. The molecule has 2 nitrogen and oxygen atoms in total. The summed E-state index contributed by atoms with van der Waals surface area (Å²) < 4.78 is 37.3. The summed E-state index contributed by atoms with van der Waals surface area (Å²) in [6, 6.07) is 3.18. The molecule has 0 unspecified atom stereocenters. The third kappa shape index (κ3) is 3.56. The zero-order chi connectivity index (χ0) is 13.2. The standard InChI is InChI=1S/C12H14F3NO/c1-8-6-9(12(13,14)15)4-5-10(8)11(17)7-16(2)3/h4-6H,7H2,1-3H3. The van der Waals surface area contributed by atoms with Gasteiger partial charge in [0.05, 0.1) is 12.1 Å². The molecule has 0 aliphatic heterocycles. The van der Waals surface area contributed by atoms with E-state index in [1.807, 2.05) is 0 Å². The minimum absolute atomic E-state index is 0.179. The van der Waals surface area contributed by atoms with Gasteiger partial charge in [-0.1, -0.05) is 6.07 Å². The highest BCUT2D eigenvalue weighted by Gasteiger charge is 2.30. The van der Waals surface area contributed by atoms with Crippen LogP contribution in [0.1, 0.15) is 21.5 Å². The Morgan fingerprint density at radius 1 is 1.29 bits per heavy atom. The first-order valence-corrected chi connectivity index (χ1v) is 5.07. The maximum Gasteiger partial charge on any atom is 0.416 e. The summed E-state index contributed by atoms with van der Waals surface area (Å²) in [6.07, 6.45) is -4.37. The number of Topliss-reactive ketones (excluding diaryl/α,β-unsaturated/α-hetero) is 1. The third-order valence-electron chi connectivity index (χ3n) is 2.31. The van der Waals surface area contributed by atoms with E-state index in [1.165, 1.54) is 13.0 Å². The molecule has 0 radical (unpaired) electrons. The van der Waals surface area contributed by atoms with Gasteiger partial charge in [0.1, 0.15) is 0 Å². The number of ketones is 1. The lowest BCUT2D eigenvalue weighted by Crippen LogP contribution is -2.22. The quantitative estimate of drug-likeness (QED) is 0.763. The van der Waals surface area contributed by atoms with Crippen molar-refractivity contribution in [2.45, 2.75) is 13.1 Å². The third-order valence-corrected chi connectivity index (χ3v) is 2.31. The lowest BCUT2D eigenvalue weighted by molar-refractivity contribution is -0.137. The fraction of sp³-hybridized carbons (Fsp3) is 0.417. The van der Waals surface area contributed by atoms with Crippen molar-refractivity contribution in [3.63, 3.8) is 0 Å². The highest BCUT2D eigenvalue weighted by molar-refractivity contribution is 5.98. The molecule has 0 bridgehead atoms. The smallest absolute Gasteiger partial charge is 0.302 e. The number of alkyl halides is 3. The molecule has 0 saturated carbocycles. The van der Waals surface area contributed by atoms with Crippen LogP contribution in [0.15, 0.2) is 18.2 Å². The van der Waals surface area contributed by atoms with Crippen molar-refractivity contribution in [2.75, 3.05) is 20.6 Å². The first kappa shape index (κ1) is 13.7. The molecule has 0 N–H and O–H groups in total. The summed E-state index contributed by atoms with van der Waals surface area (Å²) >= 11 is 0. The Kier molecular flexibility index (Phi) is 3.93. The van der Waals surface area contributed by atoms with E-state index in [9.17, 15) is 18.0 Å². The largest absolute Gasteiger partial charge is 0.416 e. The second-order valence-corrected chi connectivity index (χ2v) is 4.19. The summed E-state index contributed by atoms with van der Waals surface area (Å²) in [6.45, 7) is 1.70. The predicted molar refractivity (Wildman–Crippen MR) is 59.1 cm³/mol. The van der Waals surface area contributed by atoms with Crippen LogP contribution in [0.25, 0.3) is 0 Å². The van der Waals surface area contributed by atoms with E-state index in [4.69, 9.17) is 0 Å². The van der Waals surface area contributed by atoms with Crippen molar-refractivity contribution in [3.8, 4) is 0 Å². The molecule has 94 valence electrons. The average Bonchev–Trinajstić information content (AvgIpc) is 2.14. The maximum absolute atomic E-state index is 12.4. The zero-order valence-electron chi connectivity index (χ0n) is 9.93. The molecule has 0 fully saturated rings. The van der Waals surface area contributed by atoms with E-state index in [0.29, 0.717) is 11.1 Å². The molecule has 0 spiro atoms. The lowest BCUT2D eigenvalue weighted by atomic mass is 10.0. The van der Waals surface area contributed by atoms with Gasteiger partial charge >= 0.3 is 6.18 Å². The average molecular weight is 245 g/mol. The van der Waals surface area contributed by atoms with Gasteiger partial charge in [-0.3, -0.25) is 4.79 Å². The molecule has 1 aromatic carbocycles.